The van der Waals surface area contributed by atoms with Gasteiger partial charge in [0.05, 0.1) is 18.5 Å². The third kappa shape index (κ3) is 3.62. The Kier molecular flexibility index (Phi) is 4.89. The van der Waals surface area contributed by atoms with Crippen LogP contribution in [-0.2, 0) is 14.3 Å². The predicted octanol–water partition coefficient (Wildman–Crippen LogP) is 0.0985. The fraction of sp³-hybridized carbons (Fsp3) is 0.357. The second kappa shape index (κ2) is 6.86. The van der Waals surface area contributed by atoms with Crippen molar-refractivity contribution in [2.45, 2.75) is 12.5 Å². The Morgan fingerprint density at radius 2 is 2.04 bits per heavy atom. The number of nitrogens with one attached hydrogen (secondary N) is 1. The highest BCUT2D eigenvalue weighted by Crippen LogP contribution is 2.17. The van der Waals surface area contributed by atoms with E-state index in [9.17, 15) is 24.5 Å². The minimum atomic E-state index is -0.959. The van der Waals surface area contributed by atoms with Gasteiger partial charge in [-0.3, -0.25) is 24.5 Å². The molecule has 1 fully saturated rings. The van der Waals surface area contributed by atoms with Crippen LogP contribution in [0.2, 0.25) is 0 Å². The van der Waals surface area contributed by atoms with Crippen molar-refractivity contribution in [3.8, 4) is 0 Å². The summed E-state index contributed by atoms with van der Waals surface area (Å²) >= 11 is 0. The van der Waals surface area contributed by atoms with E-state index in [-0.39, 0.29) is 30.8 Å². The number of hydrogen-bond acceptors (Lipinski definition) is 6. The maximum atomic E-state index is 12.5. The van der Waals surface area contributed by atoms with Crippen LogP contribution in [0.1, 0.15) is 16.8 Å². The molecule has 1 aromatic carbocycles. The summed E-state index contributed by atoms with van der Waals surface area (Å²) in [5, 5.41) is 13.2. The number of carbonyl (C=O) groups is 3. The molecule has 9 heteroatoms. The van der Waals surface area contributed by atoms with Crippen molar-refractivity contribution in [2.75, 3.05) is 20.2 Å². The van der Waals surface area contributed by atoms with Crippen LogP contribution in [0.5, 0.6) is 0 Å². The zero-order valence-corrected chi connectivity index (χ0v) is 12.4. The fourth-order valence-corrected chi connectivity index (χ4v) is 2.29. The molecule has 1 aromatic rings. The molecule has 1 heterocycles. The van der Waals surface area contributed by atoms with Crippen LogP contribution < -0.4 is 5.32 Å². The van der Waals surface area contributed by atoms with Crippen LogP contribution in [0.15, 0.2) is 24.3 Å². The molecule has 1 aliphatic rings. The van der Waals surface area contributed by atoms with Crippen LogP contribution in [-0.4, -0.2) is 53.8 Å². The summed E-state index contributed by atoms with van der Waals surface area (Å²) in [6, 6.07) is 4.11. The number of carbonyl (C=O) groups excluding carboxylic acids is 3. The van der Waals surface area contributed by atoms with Gasteiger partial charge in [-0.25, -0.2) is 0 Å². The summed E-state index contributed by atoms with van der Waals surface area (Å²) in [6.45, 7) is 0.512. The summed E-state index contributed by atoms with van der Waals surface area (Å²) in [5.41, 5.74) is 0.0733. The zero-order chi connectivity index (χ0) is 17.0. The molecular weight excluding hydrogens is 306 g/mol. The Morgan fingerprint density at radius 3 is 2.61 bits per heavy atom. The number of rotatable bonds is 4. The molecule has 0 bridgehead atoms. The molecule has 1 atom stereocenters. The summed E-state index contributed by atoms with van der Waals surface area (Å²) < 4.78 is 4.55. The molecule has 0 unspecified atom stereocenters. The van der Waals surface area contributed by atoms with E-state index in [1.54, 1.807) is 0 Å². The topological polar surface area (TPSA) is 119 Å². The lowest BCUT2D eigenvalue weighted by atomic mass is 10.1. The van der Waals surface area contributed by atoms with E-state index in [0.29, 0.717) is 0 Å². The molecule has 1 saturated heterocycles. The summed E-state index contributed by atoms with van der Waals surface area (Å²) in [7, 11) is 1.20. The first kappa shape index (κ1) is 16.4. The number of non-ortho nitro benzene ring substituents is 1. The highest BCUT2D eigenvalue weighted by Gasteiger charge is 2.35. The first-order valence-corrected chi connectivity index (χ1v) is 6.84. The van der Waals surface area contributed by atoms with Crippen LogP contribution in [0.3, 0.4) is 0 Å². The second-order valence-electron chi connectivity index (χ2n) is 4.89. The number of ether oxygens (including phenoxy) is 1. The van der Waals surface area contributed by atoms with E-state index < -0.39 is 28.7 Å². The number of nitro groups is 1. The van der Waals surface area contributed by atoms with Gasteiger partial charge in [0.15, 0.2) is 0 Å². The number of benzene rings is 1. The molecular formula is C14H15N3O6. The van der Waals surface area contributed by atoms with Gasteiger partial charge in [0.2, 0.25) is 5.91 Å². The number of esters is 1. The maximum Gasteiger partial charge on any atom is 0.308 e. The highest BCUT2D eigenvalue weighted by molar-refractivity contribution is 5.99. The molecule has 1 N–H and O–H groups in total. The normalized spacial score (nSPS) is 17.3. The molecule has 23 heavy (non-hydrogen) atoms. The molecule has 9 nitrogen and oxygen atoms in total. The van der Waals surface area contributed by atoms with E-state index in [1.165, 1.54) is 36.3 Å². The SMILES string of the molecule is COC(=O)C[C@@H]1C(=O)NCCN1C(=O)c1ccc([N+](=O)[O-])cc1. The number of hydrogen-bond donors (Lipinski definition) is 1. The number of methoxy groups -OCH3 is 1. The van der Waals surface area contributed by atoms with E-state index in [4.69, 9.17) is 0 Å². The quantitative estimate of drug-likeness (QED) is 0.477. The third-order valence-electron chi connectivity index (χ3n) is 3.50. The minimum absolute atomic E-state index is 0.135. The molecule has 0 saturated carbocycles. The van der Waals surface area contributed by atoms with E-state index in [1.807, 2.05) is 0 Å². The van der Waals surface area contributed by atoms with Gasteiger partial charge in [-0.2, -0.15) is 0 Å². The molecule has 0 aliphatic carbocycles. The number of amides is 2. The van der Waals surface area contributed by atoms with Crippen molar-refractivity contribution in [1.82, 2.24) is 10.2 Å². The van der Waals surface area contributed by atoms with Gasteiger partial charge in [-0.1, -0.05) is 0 Å². The smallest absolute Gasteiger partial charge is 0.308 e. The lowest BCUT2D eigenvalue weighted by molar-refractivity contribution is -0.384. The average molecular weight is 321 g/mol. The van der Waals surface area contributed by atoms with E-state index in [2.05, 4.69) is 10.1 Å². The predicted molar refractivity (Wildman–Crippen MR) is 77.6 cm³/mol. The lowest BCUT2D eigenvalue weighted by Crippen LogP contribution is -2.57. The molecule has 2 amide bonds. The van der Waals surface area contributed by atoms with Crippen molar-refractivity contribution in [3.63, 3.8) is 0 Å². The van der Waals surface area contributed by atoms with Crippen LogP contribution in [0, 0.1) is 10.1 Å². The standard InChI is InChI=1S/C14H15N3O6/c1-23-12(18)8-11-13(19)15-6-7-16(11)14(20)9-2-4-10(5-3-9)17(21)22/h2-5,11H,6-8H2,1H3,(H,15,19)/t11-/m1/s1. The lowest BCUT2D eigenvalue weighted by Gasteiger charge is -2.34. The van der Waals surface area contributed by atoms with Gasteiger partial charge in [0, 0.05) is 30.8 Å². The summed E-state index contributed by atoms with van der Waals surface area (Å²) in [5.74, 6) is -1.51. The average Bonchev–Trinajstić information content (AvgIpc) is 2.56. The fourth-order valence-electron chi connectivity index (χ4n) is 2.29. The van der Waals surface area contributed by atoms with Gasteiger partial charge >= 0.3 is 5.97 Å². The van der Waals surface area contributed by atoms with Crippen molar-refractivity contribution in [3.05, 3.63) is 39.9 Å². The molecule has 2 rings (SSSR count). The minimum Gasteiger partial charge on any atom is -0.469 e. The largest absolute Gasteiger partial charge is 0.469 e. The van der Waals surface area contributed by atoms with Gasteiger partial charge in [0.25, 0.3) is 11.6 Å². The Hall–Kier alpha value is -2.97. The molecule has 1 aliphatic heterocycles. The molecule has 0 radical (unpaired) electrons. The Bertz CT molecular complexity index is 642. The van der Waals surface area contributed by atoms with Gasteiger partial charge in [-0.05, 0) is 12.1 Å². The Labute approximate surface area is 131 Å². The Balaban J connectivity index is 2.21. The van der Waals surface area contributed by atoms with Crippen molar-refractivity contribution < 1.29 is 24.0 Å². The van der Waals surface area contributed by atoms with Crippen LogP contribution in [0.25, 0.3) is 0 Å². The highest BCUT2D eigenvalue weighted by atomic mass is 16.6. The second-order valence-corrected chi connectivity index (χ2v) is 4.89. The van der Waals surface area contributed by atoms with Crippen LogP contribution in [0.4, 0.5) is 5.69 Å². The summed E-state index contributed by atoms with van der Waals surface area (Å²) in [4.78, 5) is 47.2. The Morgan fingerprint density at radius 1 is 1.39 bits per heavy atom. The van der Waals surface area contributed by atoms with Crippen molar-refractivity contribution >= 4 is 23.5 Å². The van der Waals surface area contributed by atoms with Crippen molar-refractivity contribution in [2.24, 2.45) is 0 Å². The molecule has 0 aromatic heterocycles. The number of piperazine rings is 1. The molecule has 122 valence electrons. The van der Waals surface area contributed by atoms with E-state index in [0.717, 1.165) is 0 Å². The van der Waals surface area contributed by atoms with Crippen LogP contribution >= 0.6 is 0 Å². The third-order valence-corrected chi connectivity index (χ3v) is 3.50. The first-order valence-electron chi connectivity index (χ1n) is 6.84. The monoisotopic (exact) mass is 321 g/mol. The van der Waals surface area contributed by atoms with E-state index >= 15 is 0 Å². The van der Waals surface area contributed by atoms with Gasteiger partial charge in [-0.15, -0.1) is 0 Å². The van der Waals surface area contributed by atoms with Crippen molar-refractivity contribution in [1.29, 1.82) is 0 Å². The molecule has 0 spiro atoms. The van der Waals surface area contributed by atoms with Gasteiger partial charge < -0.3 is 15.0 Å². The van der Waals surface area contributed by atoms with Gasteiger partial charge in [0.1, 0.15) is 6.04 Å². The number of nitrogens with zero attached hydrogens (tertiary/aromatic N) is 2. The maximum absolute atomic E-state index is 12.5. The summed E-state index contributed by atoms with van der Waals surface area (Å²) in [6.07, 6.45) is -0.249. The first-order chi connectivity index (χ1) is 10.9. The zero-order valence-electron chi connectivity index (χ0n) is 12.4. The number of nitro benzene ring substituents is 1.